The highest BCUT2D eigenvalue weighted by atomic mass is 16.3. The van der Waals surface area contributed by atoms with E-state index in [1.807, 2.05) is 12.1 Å². The Balaban J connectivity index is 1.08. The second-order valence-corrected chi connectivity index (χ2v) is 13.7. The smallest absolute Gasteiger partial charge is 0.143 e. The first-order chi connectivity index (χ1) is 26.8. The highest BCUT2D eigenvalue weighted by Gasteiger charge is 2.19. The van der Waals surface area contributed by atoms with Gasteiger partial charge >= 0.3 is 0 Å². The maximum Gasteiger partial charge on any atom is 0.143 e. The van der Waals surface area contributed by atoms with E-state index in [-0.39, 0.29) is 0 Å². The van der Waals surface area contributed by atoms with Gasteiger partial charge in [-0.2, -0.15) is 0 Å². The Bertz CT molecular complexity index is 2880. The number of hydrogen-bond donors (Lipinski definition) is 0. The van der Waals surface area contributed by atoms with E-state index in [1.54, 1.807) is 0 Å². The summed E-state index contributed by atoms with van der Waals surface area (Å²) in [6.07, 6.45) is 0. The normalized spacial score (nSPS) is 11.3. The zero-order valence-corrected chi connectivity index (χ0v) is 29.6. The van der Waals surface area contributed by atoms with Crippen LogP contribution >= 0.6 is 0 Å². The first kappa shape index (κ1) is 31.6. The molecule has 0 spiro atoms. The zero-order valence-electron chi connectivity index (χ0n) is 29.6. The average Bonchev–Trinajstić information content (AvgIpc) is 3.63. The molecule has 54 heavy (non-hydrogen) atoms. The van der Waals surface area contributed by atoms with Crippen LogP contribution in [0.3, 0.4) is 0 Å². The van der Waals surface area contributed by atoms with Crippen LogP contribution in [0.1, 0.15) is 0 Å². The summed E-state index contributed by atoms with van der Waals surface area (Å²) in [7, 11) is 0. The van der Waals surface area contributed by atoms with Crippen LogP contribution in [0, 0.1) is 0 Å². The molecule has 0 saturated heterocycles. The largest absolute Gasteiger partial charge is 0.455 e. The molecule has 0 saturated carbocycles. The fourth-order valence-electron chi connectivity index (χ4n) is 7.86. The molecule has 0 N–H and O–H groups in total. The number of benzene rings is 9. The van der Waals surface area contributed by atoms with Crippen molar-refractivity contribution in [1.29, 1.82) is 0 Å². The minimum atomic E-state index is 0.901. The van der Waals surface area contributed by atoms with Gasteiger partial charge in [-0.15, -0.1) is 0 Å². The lowest BCUT2D eigenvalue weighted by molar-refractivity contribution is 0.670. The molecule has 2 heteroatoms. The summed E-state index contributed by atoms with van der Waals surface area (Å²) < 4.78 is 6.58. The molecule has 0 unspecified atom stereocenters. The van der Waals surface area contributed by atoms with E-state index in [1.165, 1.54) is 33.0 Å². The third kappa shape index (κ3) is 5.62. The zero-order chi connectivity index (χ0) is 35.8. The number of para-hydroxylation sites is 1. The molecule has 10 rings (SSSR count). The molecule has 9 aromatic carbocycles. The second kappa shape index (κ2) is 13.4. The Morgan fingerprint density at radius 2 is 0.796 bits per heavy atom. The lowest BCUT2D eigenvalue weighted by atomic mass is 9.92. The van der Waals surface area contributed by atoms with E-state index in [2.05, 4.69) is 205 Å². The van der Waals surface area contributed by atoms with Gasteiger partial charge in [0.2, 0.25) is 0 Å². The average molecular weight is 690 g/mol. The van der Waals surface area contributed by atoms with Crippen molar-refractivity contribution in [3.8, 4) is 44.5 Å². The summed E-state index contributed by atoms with van der Waals surface area (Å²) in [4.78, 5) is 2.34. The minimum absolute atomic E-state index is 0.901. The van der Waals surface area contributed by atoms with Crippen molar-refractivity contribution >= 4 is 49.8 Å². The van der Waals surface area contributed by atoms with Crippen molar-refractivity contribution in [2.75, 3.05) is 4.90 Å². The van der Waals surface area contributed by atoms with Crippen molar-refractivity contribution < 1.29 is 4.42 Å². The van der Waals surface area contributed by atoms with Gasteiger partial charge in [-0.3, -0.25) is 0 Å². The summed E-state index contributed by atoms with van der Waals surface area (Å²) >= 11 is 0. The highest BCUT2D eigenvalue weighted by molar-refractivity contribution is 6.12. The van der Waals surface area contributed by atoms with E-state index < -0.39 is 0 Å². The summed E-state index contributed by atoms with van der Waals surface area (Å²) in [6, 6.07) is 75.8. The summed E-state index contributed by atoms with van der Waals surface area (Å²) in [5.74, 6) is 0. The van der Waals surface area contributed by atoms with Crippen molar-refractivity contribution in [2.24, 2.45) is 0 Å². The van der Waals surface area contributed by atoms with Crippen LogP contribution in [0.15, 0.2) is 217 Å². The number of anilines is 3. The molecular formula is C52H35NO. The molecular weight excluding hydrogens is 655 g/mol. The molecule has 1 aromatic heterocycles. The van der Waals surface area contributed by atoms with Crippen LogP contribution in [0.4, 0.5) is 17.1 Å². The van der Waals surface area contributed by atoms with Crippen molar-refractivity contribution in [3.05, 3.63) is 212 Å². The van der Waals surface area contributed by atoms with E-state index >= 15 is 0 Å². The number of furan rings is 1. The lowest BCUT2D eigenvalue weighted by Crippen LogP contribution is -2.09. The van der Waals surface area contributed by atoms with Gasteiger partial charge in [0, 0.05) is 33.4 Å². The predicted octanol–water partition coefficient (Wildman–Crippen LogP) is 14.9. The Morgan fingerprint density at radius 1 is 0.296 bits per heavy atom. The van der Waals surface area contributed by atoms with Crippen LogP contribution < -0.4 is 4.90 Å². The van der Waals surface area contributed by atoms with Crippen LogP contribution in [0.5, 0.6) is 0 Å². The van der Waals surface area contributed by atoms with Gasteiger partial charge in [-0.05, 0) is 98.2 Å². The first-order valence-corrected chi connectivity index (χ1v) is 18.4. The monoisotopic (exact) mass is 689 g/mol. The SMILES string of the molecule is c1ccc(-c2ccc(N(c3ccc(-c4ccc5c(oc6ccccc65)c4-c4ccccc4)cc3)c3ccc(-c4cccc5ccccc45)cc3)cc2)cc1. The standard InChI is InChI=1S/C52H35NO/c1-3-12-36(13-4-1)37-22-28-42(29-23-37)53(43-30-24-39(25-31-43)46-20-11-17-38-14-7-8-18-45(38)46)44-32-26-40(27-33-44)47-34-35-49-48-19-9-10-21-50(48)54-52(49)51(47)41-15-5-2-6-16-41/h1-35H. The van der Waals surface area contributed by atoms with Crippen LogP contribution in [0.25, 0.3) is 77.2 Å². The number of rotatable bonds is 7. The molecule has 0 amide bonds. The van der Waals surface area contributed by atoms with Crippen LogP contribution in [0.2, 0.25) is 0 Å². The van der Waals surface area contributed by atoms with Gasteiger partial charge in [0.15, 0.2) is 0 Å². The van der Waals surface area contributed by atoms with E-state index in [9.17, 15) is 0 Å². The Kier molecular flexibility index (Phi) is 7.85. The third-order valence-electron chi connectivity index (χ3n) is 10.5. The van der Waals surface area contributed by atoms with Gasteiger partial charge in [0.25, 0.3) is 0 Å². The maximum atomic E-state index is 6.58. The molecule has 0 fully saturated rings. The summed E-state index contributed by atoms with van der Waals surface area (Å²) in [5, 5.41) is 4.76. The molecule has 0 bridgehead atoms. The van der Waals surface area contributed by atoms with Crippen molar-refractivity contribution in [2.45, 2.75) is 0 Å². The maximum absolute atomic E-state index is 6.58. The van der Waals surface area contributed by atoms with Gasteiger partial charge in [0.1, 0.15) is 11.2 Å². The summed E-state index contributed by atoms with van der Waals surface area (Å²) in [5.41, 5.74) is 14.4. The number of nitrogens with zero attached hydrogens (tertiary/aromatic N) is 1. The fourth-order valence-corrected chi connectivity index (χ4v) is 7.86. The molecule has 0 aliphatic rings. The molecule has 10 aromatic rings. The Labute approximate surface area is 314 Å². The Hall–Kier alpha value is -7.16. The number of hydrogen-bond acceptors (Lipinski definition) is 2. The molecule has 2 nitrogen and oxygen atoms in total. The van der Waals surface area contributed by atoms with Gasteiger partial charge < -0.3 is 9.32 Å². The van der Waals surface area contributed by atoms with Crippen molar-refractivity contribution in [3.63, 3.8) is 0 Å². The molecule has 0 atom stereocenters. The third-order valence-corrected chi connectivity index (χ3v) is 10.5. The highest BCUT2D eigenvalue weighted by Crippen LogP contribution is 2.43. The first-order valence-electron chi connectivity index (χ1n) is 18.4. The van der Waals surface area contributed by atoms with Gasteiger partial charge in [0.05, 0.1) is 0 Å². The fraction of sp³-hybridized carbons (Fsp3) is 0. The molecule has 1 heterocycles. The van der Waals surface area contributed by atoms with Crippen LogP contribution in [-0.2, 0) is 0 Å². The molecule has 0 radical (unpaired) electrons. The lowest BCUT2D eigenvalue weighted by Gasteiger charge is -2.26. The van der Waals surface area contributed by atoms with Gasteiger partial charge in [-0.25, -0.2) is 0 Å². The van der Waals surface area contributed by atoms with Crippen molar-refractivity contribution in [1.82, 2.24) is 0 Å². The quantitative estimate of drug-likeness (QED) is 0.166. The molecule has 0 aliphatic heterocycles. The van der Waals surface area contributed by atoms with E-state index in [4.69, 9.17) is 4.42 Å². The van der Waals surface area contributed by atoms with E-state index in [0.717, 1.165) is 61.3 Å². The van der Waals surface area contributed by atoms with E-state index in [0.29, 0.717) is 0 Å². The van der Waals surface area contributed by atoms with Gasteiger partial charge in [-0.1, -0.05) is 164 Å². The second-order valence-electron chi connectivity index (χ2n) is 13.7. The minimum Gasteiger partial charge on any atom is -0.455 e. The topological polar surface area (TPSA) is 16.4 Å². The summed E-state index contributed by atoms with van der Waals surface area (Å²) in [6.45, 7) is 0. The Morgan fingerprint density at radius 3 is 1.46 bits per heavy atom. The number of fused-ring (bicyclic) bond motifs is 4. The molecule has 254 valence electrons. The predicted molar refractivity (Wildman–Crippen MR) is 228 cm³/mol. The van der Waals surface area contributed by atoms with Crippen LogP contribution in [-0.4, -0.2) is 0 Å². The molecule has 0 aliphatic carbocycles.